The highest BCUT2D eigenvalue weighted by molar-refractivity contribution is 5.93. The summed E-state index contributed by atoms with van der Waals surface area (Å²) in [5.41, 5.74) is 1.18. The van der Waals surface area contributed by atoms with E-state index in [2.05, 4.69) is 12.1 Å². The van der Waals surface area contributed by atoms with E-state index in [0.29, 0.717) is 11.7 Å². The fourth-order valence-electron chi connectivity index (χ4n) is 2.77. The summed E-state index contributed by atoms with van der Waals surface area (Å²) in [5, 5.41) is 0. The molecule has 2 fully saturated rings. The highest BCUT2D eigenvalue weighted by Gasteiger charge is 2.50. The molecule has 0 N–H and O–H groups in total. The van der Waals surface area contributed by atoms with Crippen LogP contribution < -0.4 is 0 Å². The Hall–Kier alpha value is -1.11. The molecule has 0 amide bonds. The minimum Gasteiger partial charge on any atom is -0.299 e. The average molecular weight is 214 g/mol. The fourth-order valence-corrected chi connectivity index (χ4v) is 2.77. The van der Waals surface area contributed by atoms with Gasteiger partial charge >= 0.3 is 0 Å². The maximum atomic E-state index is 12.3. The lowest BCUT2D eigenvalue weighted by molar-refractivity contribution is -0.123. The summed E-state index contributed by atoms with van der Waals surface area (Å²) in [6.07, 6.45) is 6.85. The van der Waals surface area contributed by atoms with E-state index >= 15 is 0 Å². The van der Waals surface area contributed by atoms with Crippen LogP contribution in [0.3, 0.4) is 0 Å². The molecule has 1 aromatic rings. The van der Waals surface area contributed by atoms with Crippen LogP contribution in [0.5, 0.6) is 0 Å². The molecule has 84 valence electrons. The highest BCUT2D eigenvalue weighted by atomic mass is 16.1. The van der Waals surface area contributed by atoms with E-state index in [4.69, 9.17) is 0 Å². The van der Waals surface area contributed by atoms with Crippen molar-refractivity contribution in [3.05, 3.63) is 35.9 Å². The van der Waals surface area contributed by atoms with Crippen LogP contribution in [0.4, 0.5) is 0 Å². The molecule has 1 nitrogen and oxygen atoms in total. The van der Waals surface area contributed by atoms with Gasteiger partial charge in [0.25, 0.3) is 0 Å². The Labute approximate surface area is 96.9 Å². The van der Waals surface area contributed by atoms with Gasteiger partial charge in [0, 0.05) is 6.42 Å². The Morgan fingerprint density at radius 1 is 1.19 bits per heavy atom. The number of ketones is 1. The molecular weight excluding hydrogens is 196 g/mol. The lowest BCUT2D eigenvalue weighted by atomic mass is 9.78. The summed E-state index contributed by atoms with van der Waals surface area (Å²) in [6, 6.07) is 10.4. The summed E-state index contributed by atoms with van der Waals surface area (Å²) in [5.74, 6) is 1.21. The van der Waals surface area contributed by atoms with Gasteiger partial charge in [-0.3, -0.25) is 4.79 Å². The SMILES string of the molecule is O=C(CC1CCC1)C1(c2ccccc2)CC1. The molecule has 0 aliphatic heterocycles. The van der Waals surface area contributed by atoms with Gasteiger partial charge in [-0.25, -0.2) is 0 Å². The molecule has 2 aliphatic carbocycles. The summed E-state index contributed by atoms with van der Waals surface area (Å²) in [6.45, 7) is 0. The van der Waals surface area contributed by atoms with Crippen LogP contribution in [0.25, 0.3) is 0 Å². The molecule has 2 saturated carbocycles. The first-order chi connectivity index (χ1) is 7.81. The van der Waals surface area contributed by atoms with E-state index in [1.807, 2.05) is 18.2 Å². The topological polar surface area (TPSA) is 17.1 Å². The van der Waals surface area contributed by atoms with E-state index in [1.54, 1.807) is 0 Å². The van der Waals surface area contributed by atoms with Crippen LogP contribution in [-0.2, 0) is 10.2 Å². The van der Waals surface area contributed by atoms with Gasteiger partial charge in [0.15, 0.2) is 0 Å². The van der Waals surface area contributed by atoms with Crippen LogP contribution in [0.2, 0.25) is 0 Å². The lowest BCUT2D eigenvalue weighted by Gasteiger charge is -2.26. The quantitative estimate of drug-likeness (QED) is 0.750. The Balaban J connectivity index is 1.75. The smallest absolute Gasteiger partial charge is 0.143 e. The third-order valence-corrected chi connectivity index (χ3v) is 4.31. The van der Waals surface area contributed by atoms with Crippen molar-refractivity contribution < 1.29 is 4.79 Å². The second kappa shape index (κ2) is 3.73. The van der Waals surface area contributed by atoms with Crippen LogP contribution in [0.15, 0.2) is 30.3 Å². The highest BCUT2D eigenvalue weighted by Crippen LogP contribution is 2.50. The van der Waals surface area contributed by atoms with Crippen molar-refractivity contribution in [1.29, 1.82) is 0 Å². The molecule has 0 radical (unpaired) electrons. The summed E-state index contributed by atoms with van der Waals surface area (Å²) in [7, 11) is 0. The standard InChI is InChI=1S/C15H18O/c16-14(11-12-5-4-6-12)15(9-10-15)13-7-2-1-3-8-13/h1-3,7-8,12H,4-6,9-11H2. The second-order valence-electron chi connectivity index (χ2n) is 5.37. The molecule has 16 heavy (non-hydrogen) atoms. The summed E-state index contributed by atoms with van der Waals surface area (Å²) in [4.78, 5) is 12.3. The minimum absolute atomic E-state index is 0.0726. The van der Waals surface area contributed by atoms with Gasteiger partial charge in [0.1, 0.15) is 5.78 Å². The molecule has 1 heteroatoms. The predicted molar refractivity (Wildman–Crippen MR) is 64.3 cm³/mol. The number of rotatable bonds is 4. The largest absolute Gasteiger partial charge is 0.299 e. The predicted octanol–water partition coefficient (Wildman–Crippen LogP) is 3.48. The maximum absolute atomic E-state index is 12.3. The van der Waals surface area contributed by atoms with E-state index in [0.717, 1.165) is 19.3 Å². The number of carbonyl (C=O) groups is 1. The Kier molecular flexibility index (Phi) is 2.34. The first kappa shape index (κ1) is 10.1. The second-order valence-corrected chi connectivity index (χ2v) is 5.37. The number of hydrogen-bond donors (Lipinski definition) is 0. The number of carbonyl (C=O) groups excluding carboxylic acids is 1. The maximum Gasteiger partial charge on any atom is 0.143 e. The first-order valence-electron chi connectivity index (χ1n) is 6.40. The number of benzene rings is 1. The van der Waals surface area contributed by atoms with E-state index in [1.165, 1.54) is 24.8 Å². The van der Waals surface area contributed by atoms with Crippen molar-refractivity contribution in [3.8, 4) is 0 Å². The van der Waals surface area contributed by atoms with Crippen molar-refractivity contribution in [2.75, 3.05) is 0 Å². The van der Waals surface area contributed by atoms with Crippen LogP contribution >= 0.6 is 0 Å². The molecule has 0 spiro atoms. The van der Waals surface area contributed by atoms with E-state index < -0.39 is 0 Å². The van der Waals surface area contributed by atoms with Gasteiger partial charge < -0.3 is 0 Å². The monoisotopic (exact) mass is 214 g/mol. The van der Waals surface area contributed by atoms with Gasteiger partial charge in [0.05, 0.1) is 5.41 Å². The van der Waals surface area contributed by atoms with Crippen molar-refractivity contribution >= 4 is 5.78 Å². The Morgan fingerprint density at radius 2 is 1.88 bits per heavy atom. The third-order valence-electron chi connectivity index (χ3n) is 4.31. The van der Waals surface area contributed by atoms with Gasteiger partial charge in [-0.15, -0.1) is 0 Å². The van der Waals surface area contributed by atoms with Crippen molar-refractivity contribution in [1.82, 2.24) is 0 Å². The van der Waals surface area contributed by atoms with Crippen LogP contribution in [-0.4, -0.2) is 5.78 Å². The zero-order valence-corrected chi connectivity index (χ0v) is 9.61. The summed E-state index contributed by atoms with van der Waals surface area (Å²) >= 11 is 0. The zero-order chi connectivity index (χ0) is 11.0. The van der Waals surface area contributed by atoms with Crippen LogP contribution in [0, 0.1) is 5.92 Å². The number of Topliss-reactive ketones (excluding diaryl/α,β-unsaturated/α-hetero) is 1. The molecule has 0 heterocycles. The molecule has 0 saturated heterocycles. The van der Waals surface area contributed by atoms with E-state index in [9.17, 15) is 4.79 Å². The van der Waals surface area contributed by atoms with Gasteiger partial charge in [-0.2, -0.15) is 0 Å². The number of hydrogen-bond acceptors (Lipinski definition) is 1. The molecule has 0 aromatic heterocycles. The molecule has 0 bridgehead atoms. The van der Waals surface area contributed by atoms with Gasteiger partial charge in [0.2, 0.25) is 0 Å². The van der Waals surface area contributed by atoms with Gasteiger partial charge in [-0.1, -0.05) is 49.6 Å². The molecule has 0 unspecified atom stereocenters. The van der Waals surface area contributed by atoms with Crippen molar-refractivity contribution in [2.45, 2.75) is 43.9 Å². The zero-order valence-electron chi connectivity index (χ0n) is 9.61. The van der Waals surface area contributed by atoms with E-state index in [-0.39, 0.29) is 5.41 Å². The van der Waals surface area contributed by atoms with Gasteiger partial charge in [-0.05, 0) is 24.3 Å². The van der Waals surface area contributed by atoms with Crippen molar-refractivity contribution in [2.24, 2.45) is 5.92 Å². The third kappa shape index (κ3) is 1.59. The van der Waals surface area contributed by atoms with Crippen molar-refractivity contribution in [3.63, 3.8) is 0 Å². The molecule has 1 aromatic carbocycles. The molecule has 2 aliphatic rings. The Bertz CT molecular complexity index is 385. The molecular formula is C15H18O. The van der Waals surface area contributed by atoms with Crippen LogP contribution in [0.1, 0.15) is 44.1 Å². The molecule has 0 atom stereocenters. The molecule has 3 rings (SSSR count). The first-order valence-corrected chi connectivity index (χ1v) is 6.40. The summed E-state index contributed by atoms with van der Waals surface area (Å²) < 4.78 is 0. The lowest BCUT2D eigenvalue weighted by Crippen LogP contribution is -2.25. The normalized spacial score (nSPS) is 22.5. The minimum atomic E-state index is -0.0726. The average Bonchev–Trinajstić information content (AvgIpc) is 3.06. The Morgan fingerprint density at radius 3 is 2.38 bits per heavy atom. The fraction of sp³-hybridized carbons (Fsp3) is 0.533.